The molecule has 2 atom stereocenters. The van der Waals surface area contributed by atoms with Crippen molar-refractivity contribution >= 4 is 11.8 Å². The Morgan fingerprint density at radius 2 is 1.60 bits per heavy atom. The molecule has 0 fully saturated rings. The van der Waals surface area contributed by atoms with Gasteiger partial charge in [0.1, 0.15) is 0 Å². The zero-order chi connectivity index (χ0) is 14.4. The molecule has 2 heteroatoms. The Labute approximate surface area is 126 Å². The third kappa shape index (κ3) is 4.39. The molecule has 0 spiro atoms. The van der Waals surface area contributed by atoms with Gasteiger partial charge in [-0.3, -0.25) is 0 Å². The van der Waals surface area contributed by atoms with Crippen molar-refractivity contribution in [2.75, 3.05) is 6.26 Å². The van der Waals surface area contributed by atoms with Gasteiger partial charge in [-0.2, -0.15) is 0 Å². The van der Waals surface area contributed by atoms with Gasteiger partial charge in [0.25, 0.3) is 0 Å². The van der Waals surface area contributed by atoms with Gasteiger partial charge in [0.2, 0.25) is 0 Å². The minimum Gasteiger partial charge on any atom is -0.307 e. The zero-order valence-electron chi connectivity index (χ0n) is 12.5. The van der Waals surface area contributed by atoms with Crippen molar-refractivity contribution in [3.05, 3.63) is 65.7 Å². The van der Waals surface area contributed by atoms with Crippen LogP contribution < -0.4 is 5.32 Å². The SMILES string of the molecule is CSc1ccc(C(C)NC(C)Cc2ccccc2)cc1. The van der Waals surface area contributed by atoms with E-state index in [4.69, 9.17) is 0 Å². The minimum absolute atomic E-state index is 0.379. The summed E-state index contributed by atoms with van der Waals surface area (Å²) >= 11 is 1.78. The largest absolute Gasteiger partial charge is 0.307 e. The summed E-state index contributed by atoms with van der Waals surface area (Å²) in [4.78, 5) is 1.32. The Hall–Kier alpha value is -1.25. The molecule has 1 nitrogen and oxygen atoms in total. The van der Waals surface area contributed by atoms with Gasteiger partial charge in [-0.25, -0.2) is 0 Å². The van der Waals surface area contributed by atoms with Gasteiger partial charge >= 0.3 is 0 Å². The Kier molecular flexibility index (Phi) is 5.69. The first-order valence-electron chi connectivity index (χ1n) is 7.13. The van der Waals surface area contributed by atoms with Crippen LogP contribution in [0.4, 0.5) is 0 Å². The summed E-state index contributed by atoms with van der Waals surface area (Å²) in [5.41, 5.74) is 2.74. The predicted molar refractivity (Wildman–Crippen MR) is 89.4 cm³/mol. The molecule has 20 heavy (non-hydrogen) atoms. The van der Waals surface area contributed by atoms with Gasteiger partial charge in [0.15, 0.2) is 0 Å². The maximum Gasteiger partial charge on any atom is 0.0294 e. The Morgan fingerprint density at radius 3 is 2.20 bits per heavy atom. The molecule has 0 amide bonds. The van der Waals surface area contributed by atoms with Gasteiger partial charge in [0, 0.05) is 17.0 Å². The van der Waals surface area contributed by atoms with Crippen LogP contribution in [0.15, 0.2) is 59.5 Å². The van der Waals surface area contributed by atoms with Crippen molar-refractivity contribution in [1.29, 1.82) is 0 Å². The monoisotopic (exact) mass is 285 g/mol. The molecule has 2 rings (SSSR count). The van der Waals surface area contributed by atoms with Crippen molar-refractivity contribution in [3.8, 4) is 0 Å². The Morgan fingerprint density at radius 1 is 0.950 bits per heavy atom. The van der Waals surface area contributed by atoms with E-state index in [0.29, 0.717) is 12.1 Å². The van der Waals surface area contributed by atoms with E-state index in [9.17, 15) is 0 Å². The predicted octanol–water partition coefficient (Wildman–Crippen LogP) is 4.69. The summed E-state index contributed by atoms with van der Waals surface area (Å²) in [5, 5.41) is 3.68. The Balaban J connectivity index is 1.91. The van der Waals surface area contributed by atoms with Crippen LogP contribution in [0, 0.1) is 0 Å². The van der Waals surface area contributed by atoms with Gasteiger partial charge < -0.3 is 5.32 Å². The second kappa shape index (κ2) is 7.51. The number of nitrogens with one attached hydrogen (secondary N) is 1. The zero-order valence-corrected chi connectivity index (χ0v) is 13.3. The first-order chi connectivity index (χ1) is 9.69. The molecule has 2 unspecified atom stereocenters. The van der Waals surface area contributed by atoms with Crippen LogP contribution in [0.1, 0.15) is 31.0 Å². The number of rotatable bonds is 6. The van der Waals surface area contributed by atoms with Gasteiger partial charge in [-0.15, -0.1) is 11.8 Å². The van der Waals surface area contributed by atoms with Crippen molar-refractivity contribution in [2.45, 2.75) is 37.2 Å². The average Bonchev–Trinajstić information content (AvgIpc) is 2.48. The third-order valence-corrected chi connectivity index (χ3v) is 4.28. The summed E-state index contributed by atoms with van der Waals surface area (Å²) in [5.74, 6) is 0. The van der Waals surface area contributed by atoms with E-state index < -0.39 is 0 Å². The summed E-state index contributed by atoms with van der Waals surface area (Å²) in [6.45, 7) is 4.48. The molecule has 0 aromatic heterocycles. The van der Waals surface area contributed by atoms with E-state index >= 15 is 0 Å². The van der Waals surface area contributed by atoms with E-state index in [1.807, 2.05) is 0 Å². The topological polar surface area (TPSA) is 12.0 Å². The van der Waals surface area contributed by atoms with Crippen LogP contribution in [-0.4, -0.2) is 12.3 Å². The summed E-state index contributed by atoms with van der Waals surface area (Å²) in [7, 11) is 0. The summed E-state index contributed by atoms with van der Waals surface area (Å²) < 4.78 is 0. The first kappa shape index (κ1) is 15.1. The van der Waals surface area contributed by atoms with Crippen molar-refractivity contribution < 1.29 is 0 Å². The lowest BCUT2D eigenvalue weighted by Gasteiger charge is -2.20. The molecule has 0 aliphatic rings. The molecule has 0 heterocycles. The molecule has 1 N–H and O–H groups in total. The lowest BCUT2D eigenvalue weighted by atomic mass is 10.0. The number of hydrogen-bond donors (Lipinski definition) is 1. The van der Waals surface area contributed by atoms with E-state index in [-0.39, 0.29) is 0 Å². The van der Waals surface area contributed by atoms with Crippen LogP contribution in [0.2, 0.25) is 0 Å². The highest BCUT2D eigenvalue weighted by atomic mass is 32.2. The quantitative estimate of drug-likeness (QED) is 0.773. The van der Waals surface area contributed by atoms with Gasteiger partial charge in [0.05, 0.1) is 0 Å². The van der Waals surface area contributed by atoms with Crippen LogP contribution in [0.3, 0.4) is 0 Å². The lowest BCUT2D eigenvalue weighted by molar-refractivity contribution is 0.477. The minimum atomic E-state index is 0.379. The number of thioether (sulfide) groups is 1. The van der Waals surface area contributed by atoms with Gasteiger partial charge in [-0.1, -0.05) is 42.5 Å². The molecule has 2 aromatic carbocycles. The maximum absolute atomic E-state index is 3.68. The van der Waals surface area contributed by atoms with Gasteiger partial charge in [-0.05, 0) is 49.8 Å². The number of benzene rings is 2. The molecule has 0 aliphatic carbocycles. The molecule has 2 aromatic rings. The molecule has 0 aliphatic heterocycles. The fraction of sp³-hybridized carbons (Fsp3) is 0.333. The van der Waals surface area contributed by atoms with Crippen LogP contribution in [0.5, 0.6) is 0 Å². The fourth-order valence-corrected chi connectivity index (χ4v) is 2.85. The van der Waals surface area contributed by atoms with Crippen molar-refractivity contribution in [2.24, 2.45) is 0 Å². The molecule has 0 bridgehead atoms. The second-order valence-electron chi connectivity index (χ2n) is 5.25. The maximum atomic E-state index is 3.68. The lowest BCUT2D eigenvalue weighted by Crippen LogP contribution is -2.30. The van der Waals surface area contributed by atoms with Crippen molar-refractivity contribution in [1.82, 2.24) is 5.32 Å². The molecule has 0 radical (unpaired) electrons. The third-order valence-electron chi connectivity index (χ3n) is 3.54. The van der Waals surface area contributed by atoms with Crippen molar-refractivity contribution in [3.63, 3.8) is 0 Å². The summed E-state index contributed by atoms with van der Waals surface area (Å²) in [6.07, 6.45) is 3.17. The molecule has 0 saturated carbocycles. The van der Waals surface area contributed by atoms with E-state index in [1.165, 1.54) is 16.0 Å². The molecule has 0 saturated heterocycles. The second-order valence-corrected chi connectivity index (χ2v) is 6.13. The first-order valence-corrected chi connectivity index (χ1v) is 8.35. The molecular formula is C18H23NS. The highest BCUT2D eigenvalue weighted by Crippen LogP contribution is 2.19. The molecule has 106 valence electrons. The van der Waals surface area contributed by atoms with Crippen LogP contribution in [-0.2, 0) is 6.42 Å². The van der Waals surface area contributed by atoms with E-state index in [2.05, 4.69) is 80.0 Å². The average molecular weight is 285 g/mol. The van der Waals surface area contributed by atoms with Crippen LogP contribution in [0.25, 0.3) is 0 Å². The van der Waals surface area contributed by atoms with Crippen LogP contribution >= 0.6 is 11.8 Å². The Bertz CT molecular complexity index is 507. The highest BCUT2D eigenvalue weighted by molar-refractivity contribution is 7.98. The number of hydrogen-bond acceptors (Lipinski definition) is 2. The standard InChI is InChI=1S/C18H23NS/c1-14(13-16-7-5-4-6-8-16)19-15(2)17-9-11-18(20-3)12-10-17/h4-12,14-15,19H,13H2,1-3H3. The fourth-order valence-electron chi connectivity index (χ4n) is 2.44. The van der Waals surface area contributed by atoms with E-state index in [1.54, 1.807) is 11.8 Å². The summed E-state index contributed by atoms with van der Waals surface area (Å²) in [6, 6.07) is 20.3. The highest BCUT2D eigenvalue weighted by Gasteiger charge is 2.09. The smallest absolute Gasteiger partial charge is 0.0294 e. The molecular weight excluding hydrogens is 262 g/mol. The normalized spacial score (nSPS) is 13.9. The van der Waals surface area contributed by atoms with E-state index in [0.717, 1.165) is 6.42 Å².